The molecule has 1 aromatic rings. The molecule has 1 aliphatic heterocycles. The lowest BCUT2D eigenvalue weighted by Gasteiger charge is -2.21. The van der Waals surface area contributed by atoms with Crippen LogP contribution in [0.2, 0.25) is 0 Å². The summed E-state index contributed by atoms with van der Waals surface area (Å²) >= 11 is 1.50. The van der Waals surface area contributed by atoms with Crippen LogP contribution in [0.3, 0.4) is 0 Å². The molecule has 1 amide bonds. The van der Waals surface area contributed by atoms with Crippen LogP contribution in [0.15, 0.2) is 29.2 Å². The lowest BCUT2D eigenvalue weighted by Crippen LogP contribution is -2.37. The van der Waals surface area contributed by atoms with Crippen LogP contribution in [0.4, 0.5) is 10.5 Å². The van der Waals surface area contributed by atoms with E-state index in [1.807, 2.05) is 24.3 Å². The highest BCUT2D eigenvalue weighted by Crippen LogP contribution is 2.43. The van der Waals surface area contributed by atoms with E-state index in [1.54, 1.807) is 14.0 Å². The first-order chi connectivity index (χ1) is 7.77. The normalized spacial score (nSPS) is 18.4. The molecule has 2 rings (SSSR count). The highest BCUT2D eigenvalue weighted by atomic mass is 32.2. The molecule has 0 fully saturated rings. The topological polar surface area (TPSA) is 38.8 Å². The maximum atomic E-state index is 11.8. The molecule has 0 spiro atoms. The third-order valence-corrected chi connectivity index (χ3v) is 3.43. The Kier molecular flexibility index (Phi) is 3.36. The zero-order valence-corrected chi connectivity index (χ0v) is 9.99. The maximum Gasteiger partial charge on any atom is 0.417 e. The number of rotatable bonds is 2. The van der Waals surface area contributed by atoms with Gasteiger partial charge in [0.2, 0.25) is 0 Å². The Balaban J connectivity index is 2.30. The van der Waals surface area contributed by atoms with Crippen molar-refractivity contribution in [1.82, 2.24) is 0 Å². The van der Waals surface area contributed by atoms with E-state index in [9.17, 15) is 4.79 Å². The van der Waals surface area contributed by atoms with E-state index in [0.29, 0.717) is 6.61 Å². The fourth-order valence-electron chi connectivity index (χ4n) is 1.56. The second-order valence-electron chi connectivity index (χ2n) is 3.20. The molecule has 0 saturated heterocycles. The second kappa shape index (κ2) is 4.76. The van der Waals surface area contributed by atoms with Gasteiger partial charge in [0, 0.05) is 12.0 Å². The van der Waals surface area contributed by atoms with Crippen molar-refractivity contribution >= 4 is 23.5 Å². The van der Waals surface area contributed by atoms with Gasteiger partial charge in [-0.05, 0) is 19.1 Å². The zero-order valence-electron chi connectivity index (χ0n) is 9.17. The number of methoxy groups -OCH3 is 1. The summed E-state index contributed by atoms with van der Waals surface area (Å²) in [4.78, 5) is 14.3. The molecule has 0 aliphatic carbocycles. The molecule has 0 unspecified atom stereocenters. The Morgan fingerprint density at radius 1 is 1.50 bits per heavy atom. The largest absolute Gasteiger partial charge is 0.449 e. The van der Waals surface area contributed by atoms with Crippen molar-refractivity contribution in [1.29, 1.82) is 0 Å². The molecule has 0 N–H and O–H groups in total. The zero-order chi connectivity index (χ0) is 11.5. The van der Waals surface area contributed by atoms with Crippen LogP contribution in [0.1, 0.15) is 6.92 Å². The summed E-state index contributed by atoms with van der Waals surface area (Å²) in [5.41, 5.74) is 0.509. The van der Waals surface area contributed by atoms with Crippen molar-refractivity contribution in [2.24, 2.45) is 0 Å². The van der Waals surface area contributed by atoms with Crippen LogP contribution in [-0.2, 0) is 9.47 Å². The standard InChI is InChI=1S/C11H13NO3S/c1-3-15-10(13)12-8-6-4-5-7-9(8)16-11(12)14-2/h4-7,11H,3H2,1-2H3/t11-/m0/s1. The van der Waals surface area contributed by atoms with Crippen LogP contribution in [0.5, 0.6) is 0 Å². The number of carbonyl (C=O) groups is 1. The molecule has 0 aromatic heterocycles. The van der Waals surface area contributed by atoms with Crippen molar-refractivity contribution in [2.75, 3.05) is 18.6 Å². The Hall–Kier alpha value is -1.20. The van der Waals surface area contributed by atoms with Gasteiger partial charge in [-0.25, -0.2) is 9.69 Å². The summed E-state index contributed by atoms with van der Waals surface area (Å²) in [6, 6.07) is 7.68. The summed E-state index contributed by atoms with van der Waals surface area (Å²) < 4.78 is 10.3. The number of amides is 1. The van der Waals surface area contributed by atoms with Gasteiger partial charge in [-0.3, -0.25) is 0 Å². The number of anilines is 1. The number of hydrogen-bond donors (Lipinski definition) is 0. The number of carbonyl (C=O) groups excluding carboxylic acids is 1. The molecular weight excluding hydrogens is 226 g/mol. The van der Waals surface area contributed by atoms with Crippen LogP contribution in [-0.4, -0.2) is 25.4 Å². The van der Waals surface area contributed by atoms with Gasteiger partial charge >= 0.3 is 6.09 Å². The van der Waals surface area contributed by atoms with Gasteiger partial charge in [-0.2, -0.15) is 0 Å². The molecule has 5 heteroatoms. The summed E-state index contributed by atoms with van der Waals surface area (Å²) in [6.45, 7) is 2.15. The Morgan fingerprint density at radius 2 is 2.25 bits per heavy atom. The Morgan fingerprint density at radius 3 is 2.94 bits per heavy atom. The first-order valence-electron chi connectivity index (χ1n) is 5.02. The van der Waals surface area contributed by atoms with Crippen molar-refractivity contribution < 1.29 is 14.3 Å². The van der Waals surface area contributed by atoms with Crippen molar-refractivity contribution in [2.45, 2.75) is 17.4 Å². The van der Waals surface area contributed by atoms with Gasteiger partial charge in [0.25, 0.3) is 0 Å². The quantitative estimate of drug-likeness (QED) is 0.795. The van der Waals surface area contributed by atoms with Crippen molar-refractivity contribution in [3.63, 3.8) is 0 Å². The van der Waals surface area contributed by atoms with E-state index in [2.05, 4.69) is 0 Å². The molecular formula is C11H13NO3S. The van der Waals surface area contributed by atoms with Gasteiger partial charge in [-0.15, -0.1) is 0 Å². The molecule has 1 aromatic carbocycles. The van der Waals surface area contributed by atoms with E-state index in [1.165, 1.54) is 16.7 Å². The van der Waals surface area contributed by atoms with Crippen LogP contribution in [0, 0.1) is 0 Å². The summed E-state index contributed by atoms with van der Waals surface area (Å²) in [5.74, 6) is 0. The third kappa shape index (κ3) is 1.88. The molecule has 1 aliphatic rings. The monoisotopic (exact) mass is 239 g/mol. The lowest BCUT2D eigenvalue weighted by atomic mass is 10.3. The predicted molar refractivity (Wildman–Crippen MR) is 62.6 cm³/mol. The summed E-state index contributed by atoms with van der Waals surface area (Å²) in [7, 11) is 1.58. The van der Waals surface area contributed by atoms with Gasteiger partial charge in [0.05, 0.1) is 12.3 Å². The highest BCUT2D eigenvalue weighted by molar-refractivity contribution is 8.00. The SMILES string of the molecule is CCOC(=O)N1c2ccccc2S[C@@H]1OC. The first kappa shape index (κ1) is 11.3. The number of thioether (sulfide) groups is 1. The Labute approximate surface area is 98.5 Å². The number of ether oxygens (including phenoxy) is 2. The van der Waals surface area contributed by atoms with E-state index >= 15 is 0 Å². The number of fused-ring (bicyclic) bond motifs is 1. The van der Waals surface area contributed by atoms with Crippen molar-refractivity contribution in [3.8, 4) is 0 Å². The number of benzene rings is 1. The molecule has 0 saturated carbocycles. The highest BCUT2D eigenvalue weighted by Gasteiger charge is 2.35. The molecule has 16 heavy (non-hydrogen) atoms. The fraction of sp³-hybridized carbons (Fsp3) is 0.364. The van der Waals surface area contributed by atoms with Crippen LogP contribution >= 0.6 is 11.8 Å². The minimum atomic E-state index is -0.369. The number of para-hydroxylation sites is 1. The van der Waals surface area contributed by atoms with E-state index in [0.717, 1.165) is 10.6 Å². The number of nitrogens with zero attached hydrogens (tertiary/aromatic N) is 1. The van der Waals surface area contributed by atoms with E-state index < -0.39 is 0 Å². The summed E-state index contributed by atoms with van der Waals surface area (Å²) in [5, 5.41) is 0. The predicted octanol–water partition coefficient (Wildman–Crippen LogP) is 2.69. The smallest absolute Gasteiger partial charge is 0.417 e. The molecule has 0 bridgehead atoms. The van der Waals surface area contributed by atoms with Crippen molar-refractivity contribution in [3.05, 3.63) is 24.3 Å². The summed E-state index contributed by atoms with van der Waals surface area (Å²) in [6.07, 6.45) is -0.369. The first-order valence-corrected chi connectivity index (χ1v) is 5.90. The average Bonchev–Trinajstić information content (AvgIpc) is 2.67. The number of hydrogen-bond acceptors (Lipinski definition) is 4. The maximum absolute atomic E-state index is 11.8. The Bertz CT molecular complexity index is 397. The van der Waals surface area contributed by atoms with Gasteiger partial charge < -0.3 is 9.47 Å². The van der Waals surface area contributed by atoms with Gasteiger partial charge in [0.15, 0.2) is 5.56 Å². The molecule has 0 radical (unpaired) electrons. The van der Waals surface area contributed by atoms with Gasteiger partial charge in [0.1, 0.15) is 0 Å². The van der Waals surface area contributed by atoms with Gasteiger partial charge in [-0.1, -0.05) is 23.9 Å². The molecule has 1 heterocycles. The molecule has 1 atom stereocenters. The molecule has 4 nitrogen and oxygen atoms in total. The minimum absolute atomic E-state index is 0.337. The fourth-order valence-corrected chi connectivity index (χ4v) is 2.62. The lowest BCUT2D eigenvalue weighted by molar-refractivity contribution is 0.131. The van der Waals surface area contributed by atoms with E-state index in [-0.39, 0.29) is 11.7 Å². The molecule has 86 valence electrons. The van der Waals surface area contributed by atoms with E-state index in [4.69, 9.17) is 9.47 Å². The average molecular weight is 239 g/mol. The van der Waals surface area contributed by atoms with Crippen LogP contribution < -0.4 is 4.90 Å². The second-order valence-corrected chi connectivity index (χ2v) is 4.28. The third-order valence-electron chi connectivity index (χ3n) is 2.23. The minimum Gasteiger partial charge on any atom is -0.449 e. The van der Waals surface area contributed by atoms with Crippen LogP contribution in [0.25, 0.3) is 0 Å².